The van der Waals surface area contributed by atoms with Gasteiger partial charge in [0.1, 0.15) is 5.82 Å². The second-order valence-electron chi connectivity index (χ2n) is 4.92. The summed E-state index contributed by atoms with van der Waals surface area (Å²) in [6.45, 7) is 4.77. The standard InChI is InChI=1S/C13H17BFNO3/c1-3-8(2)6-16-13(17)10-4-9-7-19-14(18)11(9)5-12(10)15/h4-5,8,18H,3,6-7H2,1-2H3,(H,16,17). The van der Waals surface area contributed by atoms with Crippen molar-refractivity contribution in [3.63, 3.8) is 0 Å². The van der Waals surface area contributed by atoms with E-state index in [0.717, 1.165) is 6.42 Å². The zero-order valence-corrected chi connectivity index (χ0v) is 11.1. The van der Waals surface area contributed by atoms with Gasteiger partial charge in [-0.15, -0.1) is 0 Å². The van der Waals surface area contributed by atoms with Crippen LogP contribution in [-0.4, -0.2) is 24.6 Å². The molecule has 1 aromatic carbocycles. The van der Waals surface area contributed by atoms with Crippen LogP contribution in [0.4, 0.5) is 4.39 Å². The van der Waals surface area contributed by atoms with Gasteiger partial charge in [0.05, 0.1) is 12.2 Å². The number of benzene rings is 1. The number of hydrogen-bond donors (Lipinski definition) is 2. The van der Waals surface area contributed by atoms with E-state index in [1.165, 1.54) is 12.1 Å². The van der Waals surface area contributed by atoms with Crippen molar-refractivity contribution in [1.82, 2.24) is 5.32 Å². The lowest BCUT2D eigenvalue weighted by Gasteiger charge is -2.11. The molecule has 0 aromatic heterocycles. The maximum atomic E-state index is 13.8. The highest BCUT2D eigenvalue weighted by Gasteiger charge is 2.29. The number of halogens is 1. The molecule has 0 fully saturated rings. The summed E-state index contributed by atoms with van der Waals surface area (Å²) < 4.78 is 18.8. The molecule has 1 heterocycles. The van der Waals surface area contributed by atoms with Crippen LogP contribution >= 0.6 is 0 Å². The Morgan fingerprint density at radius 3 is 3.05 bits per heavy atom. The molecule has 1 atom stereocenters. The number of rotatable bonds is 4. The maximum absolute atomic E-state index is 13.8. The Labute approximate surface area is 112 Å². The molecule has 4 nitrogen and oxygen atoms in total. The van der Waals surface area contributed by atoms with E-state index in [-0.39, 0.29) is 12.2 Å². The van der Waals surface area contributed by atoms with Gasteiger partial charge in [-0.3, -0.25) is 4.79 Å². The monoisotopic (exact) mass is 265 g/mol. The third-order valence-corrected chi connectivity index (χ3v) is 3.44. The van der Waals surface area contributed by atoms with E-state index < -0.39 is 18.8 Å². The molecule has 1 amide bonds. The summed E-state index contributed by atoms with van der Waals surface area (Å²) in [5.74, 6) is -0.710. The van der Waals surface area contributed by atoms with E-state index in [0.29, 0.717) is 23.5 Å². The van der Waals surface area contributed by atoms with E-state index in [1.54, 1.807) is 0 Å². The molecule has 0 bridgehead atoms. The molecule has 6 heteroatoms. The fourth-order valence-electron chi connectivity index (χ4n) is 1.93. The molecule has 2 N–H and O–H groups in total. The first-order valence-corrected chi connectivity index (χ1v) is 6.43. The van der Waals surface area contributed by atoms with E-state index in [2.05, 4.69) is 5.32 Å². The topological polar surface area (TPSA) is 58.6 Å². The van der Waals surface area contributed by atoms with Crippen LogP contribution in [0.25, 0.3) is 0 Å². The first-order valence-electron chi connectivity index (χ1n) is 6.43. The van der Waals surface area contributed by atoms with Gasteiger partial charge in [0.15, 0.2) is 0 Å². The smallest absolute Gasteiger partial charge is 0.423 e. The van der Waals surface area contributed by atoms with Crippen molar-refractivity contribution in [1.29, 1.82) is 0 Å². The largest absolute Gasteiger partial charge is 0.491 e. The number of carbonyl (C=O) groups is 1. The van der Waals surface area contributed by atoms with E-state index >= 15 is 0 Å². The molecule has 1 aliphatic rings. The highest BCUT2D eigenvalue weighted by atomic mass is 19.1. The SMILES string of the molecule is CCC(C)CNC(=O)c1cc2c(cc1F)B(O)OC2. The van der Waals surface area contributed by atoms with Gasteiger partial charge in [-0.1, -0.05) is 20.3 Å². The van der Waals surface area contributed by atoms with Crippen LogP contribution in [0.1, 0.15) is 36.2 Å². The molecule has 1 aliphatic heterocycles. The number of amides is 1. The van der Waals surface area contributed by atoms with Crippen LogP contribution in [0, 0.1) is 11.7 Å². The second kappa shape index (κ2) is 5.71. The van der Waals surface area contributed by atoms with Crippen LogP contribution in [0.3, 0.4) is 0 Å². The summed E-state index contributed by atoms with van der Waals surface area (Å²) in [7, 11) is -1.10. The van der Waals surface area contributed by atoms with Crippen molar-refractivity contribution in [3.8, 4) is 0 Å². The molecular weight excluding hydrogens is 248 g/mol. The van der Waals surface area contributed by atoms with Crippen molar-refractivity contribution in [2.24, 2.45) is 5.92 Å². The molecule has 0 saturated heterocycles. The van der Waals surface area contributed by atoms with Gasteiger partial charge in [0.25, 0.3) is 5.91 Å². The minimum absolute atomic E-state index is 0.000229. The zero-order chi connectivity index (χ0) is 14.0. The van der Waals surface area contributed by atoms with Gasteiger partial charge in [0, 0.05) is 6.54 Å². The Bertz CT molecular complexity index is 495. The lowest BCUT2D eigenvalue weighted by molar-refractivity contribution is 0.0943. The van der Waals surface area contributed by atoms with Gasteiger partial charge in [0.2, 0.25) is 0 Å². The quantitative estimate of drug-likeness (QED) is 0.792. The zero-order valence-electron chi connectivity index (χ0n) is 11.1. The number of fused-ring (bicyclic) bond motifs is 1. The van der Waals surface area contributed by atoms with Gasteiger partial charge in [-0.2, -0.15) is 0 Å². The van der Waals surface area contributed by atoms with E-state index in [4.69, 9.17) is 4.65 Å². The fourth-order valence-corrected chi connectivity index (χ4v) is 1.93. The summed E-state index contributed by atoms with van der Waals surface area (Å²) in [6, 6.07) is 2.62. The molecule has 2 rings (SSSR count). The van der Waals surface area contributed by atoms with Crippen molar-refractivity contribution in [3.05, 3.63) is 29.1 Å². The van der Waals surface area contributed by atoms with Crippen molar-refractivity contribution in [2.75, 3.05) is 6.54 Å². The molecule has 0 saturated carbocycles. The normalized spacial score (nSPS) is 15.3. The number of hydrogen-bond acceptors (Lipinski definition) is 3. The molecule has 102 valence electrons. The Morgan fingerprint density at radius 1 is 1.63 bits per heavy atom. The van der Waals surface area contributed by atoms with E-state index in [9.17, 15) is 14.2 Å². The Kier molecular flexibility index (Phi) is 4.22. The molecular formula is C13H17BFNO3. The minimum atomic E-state index is -1.10. The van der Waals surface area contributed by atoms with Gasteiger partial charge < -0.3 is 15.0 Å². The van der Waals surface area contributed by atoms with Crippen LogP contribution < -0.4 is 10.8 Å². The Balaban J connectivity index is 2.15. The van der Waals surface area contributed by atoms with Gasteiger partial charge in [-0.25, -0.2) is 4.39 Å². The lowest BCUT2D eigenvalue weighted by Crippen LogP contribution is -2.31. The van der Waals surface area contributed by atoms with Crippen LogP contribution in [-0.2, 0) is 11.3 Å². The number of nitrogens with one attached hydrogen (secondary N) is 1. The first kappa shape index (κ1) is 14.0. The van der Waals surface area contributed by atoms with Crippen LogP contribution in [0.15, 0.2) is 12.1 Å². The lowest BCUT2D eigenvalue weighted by atomic mass is 9.79. The highest BCUT2D eigenvalue weighted by Crippen LogP contribution is 2.15. The molecule has 0 aliphatic carbocycles. The average molecular weight is 265 g/mol. The molecule has 19 heavy (non-hydrogen) atoms. The predicted molar refractivity (Wildman–Crippen MR) is 70.6 cm³/mol. The third kappa shape index (κ3) is 2.96. The highest BCUT2D eigenvalue weighted by molar-refractivity contribution is 6.61. The summed E-state index contributed by atoms with van der Waals surface area (Å²) in [4.78, 5) is 11.9. The predicted octanol–water partition coefficient (Wildman–Crippen LogP) is 0.819. The molecule has 0 radical (unpaired) electrons. The third-order valence-electron chi connectivity index (χ3n) is 3.44. The van der Waals surface area contributed by atoms with Crippen molar-refractivity contribution >= 4 is 18.5 Å². The molecule has 1 aromatic rings. The second-order valence-corrected chi connectivity index (χ2v) is 4.92. The Morgan fingerprint density at radius 2 is 2.37 bits per heavy atom. The fraction of sp³-hybridized carbons (Fsp3) is 0.462. The van der Waals surface area contributed by atoms with Gasteiger partial charge in [-0.05, 0) is 29.1 Å². The minimum Gasteiger partial charge on any atom is -0.423 e. The van der Waals surface area contributed by atoms with E-state index in [1.807, 2.05) is 13.8 Å². The molecule has 1 unspecified atom stereocenters. The summed E-state index contributed by atoms with van der Waals surface area (Å²) in [5, 5.41) is 12.2. The van der Waals surface area contributed by atoms with Crippen molar-refractivity contribution < 1.29 is 18.9 Å². The summed E-state index contributed by atoms with van der Waals surface area (Å²) in [6.07, 6.45) is 0.951. The van der Waals surface area contributed by atoms with Crippen molar-refractivity contribution in [2.45, 2.75) is 26.9 Å². The first-order chi connectivity index (χ1) is 9.02. The summed E-state index contributed by atoms with van der Waals surface area (Å²) >= 11 is 0. The van der Waals surface area contributed by atoms with Gasteiger partial charge >= 0.3 is 7.12 Å². The number of carbonyl (C=O) groups excluding carboxylic acids is 1. The molecule has 0 spiro atoms. The Hall–Kier alpha value is -1.40. The average Bonchev–Trinajstić information content (AvgIpc) is 2.75. The van der Waals surface area contributed by atoms with Crippen LogP contribution in [0.2, 0.25) is 0 Å². The van der Waals surface area contributed by atoms with Crippen LogP contribution in [0.5, 0.6) is 0 Å². The summed E-state index contributed by atoms with van der Waals surface area (Å²) in [5.41, 5.74) is 1.05. The maximum Gasteiger partial charge on any atom is 0.491 e.